The van der Waals surface area contributed by atoms with E-state index < -0.39 is 11.7 Å². The van der Waals surface area contributed by atoms with Crippen molar-refractivity contribution in [2.75, 3.05) is 18.0 Å². The lowest BCUT2D eigenvalue weighted by atomic mass is 10.2. The summed E-state index contributed by atoms with van der Waals surface area (Å²) in [5, 5.41) is 0. The monoisotopic (exact) mass is 242 g/mol. The molecule has 1 aliphatic heterocycles. The van der Waals surface area contributed by atoms with Crippen molar-refractivity contribution >= 4 is 5.69 Å². The molecule has 0 spiro atoms. The zero-order chi connectivity index (χ0) is 12.2. The minimum Gasteiger partial charge on any atom is -0.371 e. The molecule has 0 radical (unpaired) electrons. The summed E-state index contributed by atoms with van der Waals surface area (Å²) < 4.78 is 37.7. The molecular formula is C12H13F3N2. The van der Waals surface area contributed by atoms with Gasteiger partial charge in [0.05, 0.1) is 5.56 Å². The number of hydrogen-bond acceptors (Lipinski definition) is 2. The molecule has 2 aliphatic rings. The summed E-state index contributed by atoms with van der Waals surface area (Å²) in [5.41, 5.74) is 5.87. The molecule has 1 saturated heterocycles. The summed E-state index contributed by atoms with van der Waals surface area (Å²) in [6.45, 7) is 1.57. The smallest absolute Gasteiger partial charge is 0.371 e. The van der Waals surface area contributed by atoms with Crippen LogP contribution in [0, 0.1) is 11.8 Å². The first-order chi connectivity index (χ1) is 7.97. The van der Waals surface area contributed by atoms with Gasteiger partial charge in [-0.25, -0.2) is 0 Å². The van der Waals surface area contributed by atoms with Gasteiger partial charge in [0.1, 0.15) is 0 Å². The molecule has 2 unspecified atom stereocenters. The van der Waals surface area contributed by atoms with Gasteiger partial charge in [0.15, 0.2) is 0 Å². The van der Waals surface area contributed by atoms with Crippen molar-refractivity contribution < 1.29 is 13.2 Å². The number of piperidine rings is 1. The summed E-state index contributed by atoms with van der Waals surface area (Å²) in [7, 11) is 0. The highest BCUT2D eigenvalue weighted by Gasteiger charge is 2.53. The molecule has 0 amide bonds. The second-order valence-electron chi connectivity index (χ2n) is 4.86. The number of nitrogens with zero attached hydrogens (tertiary/aromatic N) is 1. The molecule has 5 heteroatoms. The topological polar surface area (TPSA) is 29.3 Å². The standard InChI is InChI=1S/C12H13F3N2/c13-12(14,15)7-2-1-3-8(4-7)17-5-9-10(6-17)11(9)16/h1-4,9-11H,5-6,16H2. The Morgan fingerprint density at radius 2 is 1.82 bits per heavy atom. The highest BCUT2D eigenvalue weighted by molar-refractivity contribution is 5.51. The molecular weight excluding hydrogens is 229 g/mol. The minimum absolute atomic E-state index is 0.261. The molecule has 0 bridgehead atoms. The van der Waals surface area contributed by atoms with E-state index in [1.165, 1.54) is 12.1 Å². The molecule has 17 heavy (non-hydrogen) atoms. The number of fused-ring (bicyclic) bond motifs is 1. The molecule has 0 aromatic heterocycles. The van der Waals surface area contributed by atoms with Gasteiger partial charge in [-0.15, -0.1) is 0 Å². The largest absolute Gasteiger partial charge is 0.416 e. The fraction of sp³-hybridized carbons (Fsp3) is 0.500. The number of rotatable bonds is 1. The Labute approximate surface area is 97.2 Å². The Kier molecular flexibility index (Phi) is 2.17. The van der Waals surface area contributed by atoms with Gasteiger partial charge in [-0.1, -0.05) is 6.07 Å². The van der Waals surface area contributed by atoms with Gasteiger partial charge in [0.25, 0.3) is 0 Å². The molecule has 2 atom stereocenters. The van der Waals surface area contributed by atoms with Crippen LogP contribution in [0.2, 0.25) is 0 Å². The summed E-state index contributed by atoms with van der Waals surface area (Å²) in [6.07, 6.45) is -4.27. The first-order valence-corrected chi connectivity index (χ1v) is 5.64. The SMILES string of the molecule is NC1C2CN(c3cccc(C(F)(F)F)c3)CC12. The lowest BCUT2D eigenvalue weighted by Gasteiger charge is -2.22. The summed E-state index contributed by atoms with van der Waals surface area (Å²) in [5.74, 6) is 0.953. The normalized spacial score (nSPS) is 31.5. The van der Waals surface area contributed by atoms with Crippen molar-refractivity contribution in [3.63, 3.8) is 0 Å². The Morgan fingerprint density at radius 3 is 2.41 bits per heavy atom. The average Bonchev–Trinajstić information content (AvgIpc) is 2.75. The van der Waals surface area contributed by atoms with Crippen molar-refractivity contribution in [2.24, 2.45) is 17.6 Å². The quantitative estimate of drug-likeness (QED) is 0.817. The Hall–Kier alpha value is -1.23. The molecule has 2 N–H and O–H groups in total. The predicted molar refractivity (Wildman–Crippen MR) is 58.6 cm³/mol. The van der Waals surface area contributed by atoms with E-state index in [9.17, 15) is 13.2 Å². The summed E-state index contributed by atoms with van der Waals surface area (Å²) in [6, 6.07) is 5.77. The van der Waals surface area contributed by atoms with Gasteiger partial charge in [-0.3, -0.25) is 0 Å². The lowest BCUT2D eigenvalue weighted by Crippen LogP contribution is -2.28. The first kappa shape index (κ1) is 10.9. The van der Waals surface area contributed by atoms with E-state index in [0.29, 0.717) is 17.5 Å². The first-order valence-electron chi connectivity index (χ1n) is 5.64. The van der Waals surface area contributed by atoms with Gasteiger partial charge < -0.3 is 10.6 Å². The van der Waals surface area contributed by atoms with Crippen LogP contribution in [0.1, 0.15) is 5.56 Å². The summed E-state index contributed by atoms with van der Waals surface area (Å²) in [4.78, 5) is 1.99. The van der Waals surface area contributed by atoms with Crippen LogP contribution in [-0.4, -0.2) is 19.1 Å². The predicted octanol–water partition coefficient (Wildman–Crippen LogP) is 2.10. The maximum atomic E-state index is 12.6. The lowest BCUT2D eigenvalue weighted by molar-refractivity contribution is -0.137. The molecule has 1 heterocycles. The zero-order valence-electron chi connectivity index (χ0n) is 9.11. The third-order valence-electron chi connectivity index (χ3n) is 3.80. The van der Waals surface area contributed by atoms with Crippen molar-refractivity contribution in [1.82, 2.24) is 0 Å². The van der Waals surface area contributed by atoms with Crippen LogP contribution in [0.3, 0.4) is 0 Å². The highest BCUT2D eigenvalue weighted by atomic mass is 19.4. The van der Waals surface area contributed by atoms with Crippen LogP contribution in [0.5, 0.6) is 0 Å². The Morgan fingerprint density at radius 1 is 1.18 bits per heavy atom. The number of anilines is 1. The van der Waals surface area contributed by atoms with Crippen LogP contribution in [0.15, 0.2) is 24.3 Å². The van der Waals surface area contributed by atoms with Gasteiger partial charge in [0.2, 0.25) is 0 Å². The van der Waals surface area contributed by atoms with E-state index in [0.717, 1.165) is 19.2 Å². The molecule has 1 aromatic rings. The van der Waals surface area contributed by atoms with Crippen molar-refractivity contribution in [3.8, 4) is 0 Å². The van der Waals surface area contributed by atoms with E-state index in [4.69, 9.17) is 5.73 Å². The number of benzene rings is 1. The molecule has 1 saturated carbocycles. The maximum absolute atomic E-state index is 12.6. The number of alkyl halides is 3. The van der Waals surface area contributed by atoms with E-state index in [2.05, 4.69) is 0 Å². The molecule has 2 nitrogen and oxygen atoms in total. The molecule has 1 aromatic carbocycles. The third kappa shape index (κ3) is 1.78. The molecule has 1 aliphatic carbocycles. The summed E-state index contributed by atoms with van der Waals surface area (Å²) >= 11 is 0. The van der Waals surface area contributed by atoms with Crippen LogP contribution in [0.4, 0.5) is 18.9 Å². The van der Waals surface area contributed by atoms with E-state index in [1.807, 2.05) is 4.90 Å². The van der Waals surface area contributed by atoms with Crippen molar-refractivity contribution in [2.45, 2.75) is 12.2 Å². The molecule has 3 rings (SSSR count). The second-order valence-corrected chi connectivity index (χ2v) is 4.86. The van der Waals surface area contributed by atoms with Gasteiger partial charge in [-0.2, -0.15) is 13.2 Å². The van der Waals surface area contributed by atoms with Crippen molar-refractivity contribution in [1.29, 1.82) is 0 Å². The van der Waals surface area contributed by atoms with Gasteiger partial charge in [-0.05, 0) is 30.0 Å². The minimum atomic E-state index is -4.27. The van der Waals surface area contributed by atoms with Gasteiger partial charge in [0, 0.05) is 24.8 Å². The van der Waals surface area contributed by atoms with E-state index >= 15 is 0 Å². The van der Waals surface area contributed by atoms with Gasteiger partial charge >= 0.3 is 6.18 Å². The fourth-order valence-corrected chi connectivity index (χ4v) is 2.66. The zero-order valence-corrected chi connectivity index (χ0v) is 9.11. The average molecular weight is 242 g/mol. The molecule has 2 fully saturated rings. The highest BCUT2D eigenvalue weighted by Crippen LogP contribution is 2.45. The van der Waals surface area contributed by atoms with E-state index in [-0.39, 0.29) is 6.04 Å². The number of hydrogen-bond donors (Lipinski definition) is 1. The maximum Gasteiger partial charge on any atom is 0.416 e. The van der Waals surface area contributed by atoms with Crippen LogP contribution >= 0.6 is 0 Å². The van der Waals surface area contributed by atoms with Crippen LogP contribution in [-0.2, 0) is 6.18 Å². The molecule has 92 valence electrons. The fourth-order valence-electron chi connectivity index (χ4n) is 2.66. The number of halogens is 3. The van der Waals surface area contributed by atoms with Crippen LogP contribution < -0.4 is 10.6 Å². The van der Waals surface area contributed by atoms with Crippen molar-refractivity contribution in [3.05, 3.63) is 29.8 Å². The second kappa shape index (κ2) is 3.38. The third-order valence-corrected chi connectivity index (χ3v) is 3.80. The Bertz CT molecular complexity index is 432. The Balaban J connectivity index is 1.80. The van der Waals surface area contributed by atoms with Crippen LogP contribution in [0.25, 0.3) is 0 Å². The van der Waals surface area contributed by atoms with E-state index in [1.54, 1.807) is 6.07 Å². The number of nitrogens with two attached hydrogens (primary N) is 1.